The number of halogens is 1. The second-order valence-corrected chi connectivity index (χ2v) is 6.47. The maximum atomic E-state index is 12.7. The summed E-state index contributed by atoms with van der Waals surface area (Å²) in [6, 6.07) is 18.0. The van der Waals surface area contributed by atoms with Crippen LogP contribution in [0.2, 0.25) is 5.02 Å². The van der Waals surface area contributed by atoms with Gasteiger partial charge in [-0.25, -0.2) is 4.98 Å². The van der Waals surface area contributed by atoms with Gasteiger partial charge in [-0.1, -0.05) is 54.1 Å². The molecule has 3 nitrogen and oxygen atoms in total. The quantitative estimate of drug-likeness (QED) is 0.709. The Kier molecular flexibility index (Phi) is 3.95. The van der Waals surface area contributed by atoms with E-state index < -0.39 is 0 Å². The van der Waals surface area contributed by atoms with Gasteiger partial charge in [-0.05, 0) is 36.1 Å². The molecule has 24 heavy (non-hydrogen) atoms. The Morgan fingerprint density at radius 1 is 1.12 bits per heavy atom. The van der Waals surface area contributed by atoms with Crippen LogP contribution in [-0.2, 0) is 17.6 Å². The van der Waals surface area contributed by atoms with Crippen LogP contribution in [0, 0.1) is 0 Å². The average Bonchev–Trinajstić information content (AvgIpc) is 3.02. The van der Waals surface area contributed by atoms with Gasteiger partial charge in [-0.2, -0.15) is 0 Å². The van der Waals surface area contributed by atoms with Gasteiger partial charge in [0.2, 0.25) is 5.91 Å². The summed E-state index contributed by atoms with van der Waals surface area (Å²) in [5.74, 6) is 0.894. The summed E-state index contributed by atoms with van der Waals surface area (Å²) in [5.41, 5.74) is 3.07. The lowest BCUT2D eigenvalue weighted by Crippen LogP contribution is -2.29. The van der Waals surface area contributed by atoms with E-state index in [1.165, 1.54) is 5.56 Å². The first kappa shape index (κ1) is 15.2. The number of benzene rings is 2. The monoisotopic (exact) mass is 336 g/mol. The fraction of sp³-hybridized carbons (Fsp3) is 0.200. The zero-order chi connectivity index (χ0) is 16.5. The number of nitrogens with zero attached hydrogens (tertiary/aromatic N) is 2. The van der Waals surface area contributed by atoms with Crippen molar-refractivity contribution in [3.63, 3.8) is 0 Å². The lowest BCUT2D eigenvalue weighted by atomic mass is 10.1. The highest BCUT2D eigenvalue weighted by atomic mass is 35.5. The van der Waals surface area contributed by atoms with Crippen LogP contribution in [0.4, 0.5) is 5.82 Å². The van der Waals surface area contributed by atoms with Crippen molar-refractivity contribution < 1.29 is 4.79 Å². The highest BCUT2D eigenvalue weighted by molar-refractivity contribution is 6.35. The van der Waals surface area contributed by atoms with E-state index in [9.17, 15) is 4.79 Å². The first-order chi connectivity index (χ1) is 11.7. The van der Waals surface area contributed by atoms with E-state index in [2.05, 4.69) is 23.2 Å². The molecule has 120 valence electrons. The maximum absolute atomic E-state index is 12.7. The second kappa shape index (κ2) is 6.25. The first-order valence-corrected chi connectivity index (χ1v) is 8.52. The van der Waals surface area contributed by atoms with Gasteiger partial charge in [0.25, 0.3) is 0 Å². The molecule has 3 aromatic rings. The lowest BCUT2D eigenvalue weighted by Gasteiger charge is -2.17. The van der Waals surface area contributed by atoms with Crippen LogP contribution in [0.1, 0.15) is 17.5 Å². The van der Waals surface area contributed by atoms with Gasteiger partial charge in [-0.3, -0.25) is 9.69 Å². The first-order valence-electron chi connectivity index (χ1n) is 8.15. The number of aryl methyl sites for hydroxylation is 1. The zero-order valence-electron chi connectivity index (χ0n) is 13.2. The number of carbonyl (C=O) groups excluding carboxylic acids is 1. The molecule has 0 fully saturated rings. The average molecular weight is 337 g/mol. The Labute approximate surface area is 145 Å². The van der Waals surface area contributed by atoms with E-state index in [1.54, 1.807) is 4.90 Å². The van der Waals surface area contributed by atoms with Crippen LogP contribution in [0.3, 0.4) is 0 Å². The van der Waals surface area contributed by atoms with Gasteiger partial charge < -0.3 is 0 Å². The molecule has 0 radical (unpaired) electrons. The summed E-state index contributed by atoms with van der Waals surface area (Å²) in [6.07, 6.45) is 2.09. The number of rotatable bonds is 3. The fourth-order valence-electron chi connectivity index (χ4n) is 3.23. The summed E-state index contributed by atoms with van der Waals surface area (Å²) in [5, 5.41) is 1.65. The van der Waals surface area contributed by atoms with Crippen LogP contribution >= 0.6 is 11.6 Å². The van der Waals surface area contributed by atoms with E-state index in [4.69, 9.17) is 11.6 Å². The van der Waals surface area contributed by atoms with E-state index >= 15 is 0 Å². The molecule has 0 N–H and O–H groups in total. The predicted molar refractivity (Wildman–Crippen MR) is 97.6 cm³/mol. The van der Waals surface area contributed by atoms with E-state index in [0.29, 0.717) is 18.0 Å². The topological polar surface area (TPSA) is 33.2 Å². The summed E-state index contributed by atoms with van der Waals surface area (Å²) in [6.45, 7) is 0.698. The van der Waals surface area contributed by atoms with Gasteiger partial charge in [0.05, 0.1) is 10.5 Å². The second-order valence-electron chi connectivity index (χ2n) is 6.06. The highest BCUT2D eigenvalue weighted by Gasteiger charge is 2.26. The third kappa shape index (κ3) is 2.76. The molecule has 2 aromatic carbocycles. The third-order valence-corrected chi connectivity index (χ3v) is 4.79. The molecule has 2 heterocycles. The molecule has 0 saturated heterocycles. The van der Waals surface area contributed by atoms with Gasteiger partial charge in [0.1, 0.15) is 5.82 Å². The minimum absolute atomic E-state index is 0.122. The number of pyridine rings is 1. The van der Waals surface area contributed by atoms with Gasteiger partial charge in [-0.15, -0.1) is 0 Å². The van der Waals surface area contributed by atoms with E-state index in [-0.39, 0.29) is 5.91 Å². The molecule has 0 aliphatic carbocycles. The normalized spacial score (nSPS) is 13.3. The number of amides is 1. The van der Waals surface area contributed by atoms with Gasteiger partial charge >= 0.3 is 0 Å². The SMILES string of the molecule is O=C(CCc1ccccc1)N1CCc2cc3cccc(Cl)c3nc21. The molecule has 0 bridgehead atoms. The summed E-state index contributed by atoms with van der Waals surface area (Å²) < 4.78 is 0. The Bertz CT molecular complexity index is 908. The number of aromatic nitrogens is 1. The van der Waals surface area contributed by atoms with Crippen molar-refractivity contribution in [3.8, 4) is 0 Å². The summed E-state index contributed by atoms with van der Waals surface area (Å²) >= 11 is 6.26. The molecular formula is C20H17ClN2O. The largest absolute Gasteiger partial charge is 0.296 e. The van der Waals surface area contributed by atoms with Crippen molar-refractivity contribution >= 4 is 34.2 Å². The fourth-order valence-corrected chi connectivity index (χ4v) is 3.45. The molecule has 1 aromatic heterocycles. The minimum Gasteiger partial charge on any atom is -0.296 e. The van der Waals surface area contributed by atoms with Crippen molar-refractivity contribution in [2.24, 2.45) is 0 Å². The number of hydrogen-bond acceptors (Lipinski definition) is 2. The molecule has 0 saturated carbocycles. The zero-order valence-corrected chi connectivity index (χ0v) is 14.0. The Hall–Kier alpha value is -2.39. The molecule has 4 heteroatoms. The number of fused-ring (bicyclic) bond motifs is 2. The number of anilines is 1. The molecule has 4 rings (SSSR count). The number of hydrogen-bond donors (Lipinski definition) is 0. The van der Waals surface area contributed by atoms with Gasteiger partial charge in [0.15, 0.2) is 0 Å². The molecule has 1 aliphatic heterocycles. The highest BCUT2D eigenvalue weighted by Crippen LogP contribution is 2.32. The van der Waals surface area contributed by atoms with Crippen molar-refractivity contribution in [1.82, 2.24) is 4.98 Å². The van der Waals surface area contributed by atoms with Crippen molar-refractivity contribution in [2.45, 2.75) is 19.3 Å². The van der Waals surface area contributed by atoms with E-state index in [1.807, 2.05) is 36.4 Å². The smallest absolute Gasteiger partial charge is 0.228 e. The third-order valence-electron chi connectivity index (χ3n) is 4.48. The Morgan fingerprint density at radius 3 is 2.79 bits per heavy atom. The van der Waals surface area contributed by atoms with Crippen LogP contribution in [-0.4, -0.2) is 17.4 Å². The maximum Gasteiger partial charge on any atom is 0.228 e. The van der Waals surface area contributed by atoms with Crippen LogP contribution < -0.4 is 4.90 Å². The standard InChI is InChI=1S/C20H17ClN2O/c21-17-8-4-7-15-13-16-11-12-23(20(16)22-19(15)17)18(24)10-9-14-5-2-1-3-6-14/h1-8,13H,9-12H2. The number of para-hydroxylation sites is 1. The van der Waals surface area contributed by atoms with Gasteiger partial charge in [0, 0.05) is 18.4 Å². The predicted octanol–water partition coefficient (Wildman–Crippen LogP) is 4.41. The molecular weight excluding hydrogens is 320 g/mol. The van der Waals surface area contributed by atoms with Crippen LogP contribution in [0.15, 0.2) is 54.6 Å². The molecule has 1 aliphatic rings. The molecule has 1 amide bonds. The van der Waals surface area contributed by atoms with Crippen molar-refractivity contribution in [3.05, 3.63) is 70.7 Å². The minimum atomic E-state index is 0.122. The summed E-state index contributed by atoms with van der Waals surface area (Å²) in [7, 11) is 0. The van der Waals surface area contributed by atoms with Crippen LogP contribution in [0.25, 0.3) is 10.9 Å². The summed E-state index contributed by atoms with van der Waals surface area (Å²) in [4.78, 5) is 19.1. The molecule has 0 spiro atoms. The lowest BCUT2D eigenvalue weighted by molar-refractivity contribution is -0.118. The van der Waals surface area contributed by atoms with E-state index in [0.717, 1.165) is 35.1 Å². The van der Waals surface area contributed by atoms with Crippen molar-refractivity contribution in [1.29, 1.82) is 0 Å². The molecule has 0 atom stereocenters. The van der Waals surface area contributed by atoms with Crippen molar-refractivity contribution in [2.75, 3.05) is 11.4 Å². The van der Waals surface area contributed by atoms with Crippen LogP contribution in [0.5, 0.6) is 0 Å². The Morgan fingerprint density at radius 2 is 1.96 bits per heavy atom. The molecule has 0 unspecified atom stereocenters. The number of carbonyl (C=O) groups is 1. The Balaban J connectivity index is 1.58.